The molecule has 1 atom stereocenters. The molecule has 0 saturated carbocycles. The summed E-state index contributed by atoms with van der Waals surface area (Å²) in [5.41, 5.74) is 1.24. The highest BCUT2D eigenvalue weighted by atomic mass is 35.5. The van der Waals surface area contributed by atoms with Crippen LogP contribution in [0.3, 0.4) is 0 Å². The number of sulfonamides is 1. The van der Waals surface area contributed by atoms with Gasteiger partial charge in [0.2, 0.25) is 11.8 Å². The van der Waals surface area contributed by atoms with Crippen molar-refractivity contribution in [1.29, 1.82) is 0 Å². The van der Waals surface area contributed by atoms with E-state index in [0.29, 0.717) is 17.1 Å². The molecule has 0 unspecified atom stereocenters. The van der Waals surface area contributed by atoms with Crippen molar-refractivity contribution in [2.24, 2.45) is 0 Å². The molecule has 7 nitrogen and oxygen atoms in total. The summed E-state index contributed by atoms with van der Waals surface area (Å²) in [5, 5.41) is 3.12. The number of nitrogens with one attached hydrogen (secondary N) is 1. The Hall–Kier alpha value is -3.63. The number of benzene rings is 4. The Morgan fingerprint density at radius 2 is 1.52 bits per heavy atom. The summed E-state index contributed by atoms with van der Waals surface area (Å²) in [7, 11) is -4.35. The van der Waals surface area contributed by atoms with Crippen molar-refractivity contribution in [2.75, 3.05) is 17.4 Å². The minimum absolute atomic E-state index is 0.0318. The van der Waals surface area contributed by atoms with Gasteiger partial charge in [-0.05, 0) is 60.5 Å². The third kappa shape index (κ3) is 8.09. The molecule has 0 aliphatic heterocycles. The van der Waals surface area contributed by atoms with Crippen LogP contribution in [-0.4, -0.2) is 44.3 Å². The number of amides is 2. The molecule has 0 aromatic heterocycles. The molecule has 12 heteroatoms. The van der Waals surface area contributed by atoms with Gasteiger partial charge in [0, 0.05) is 29.6 Å². The largest absolute Gasteiger partial charge is 0.355 e. The number of likely N-dealkylation sites (N-methyl/N-ethyl adjacent to an activating group) is 1. The number of carbonyl (C=O) groups excluding carboxylic acids is 2. The smallest absolute Gasteiger partial charge is 0.264 e. The Bertz CT molecular complexity index is 1730. The first-order chi connectivity index (χ1) is 21.0. The molecular weight excluding hydrogens is 648 g/mol. The third-order valence-corrected chi connectivity index (χ3v) is 9.44. The molecule has 0 heterocycles. The maximum Gasteiger partial charge on any atom is 0.264 e. The minimum atomic E-state index is -4.35. The average molecular weight is 677 g/mol. The number of nitrogens with zero attached hydrogens (tertiary/aromatic N) is 2. The predicted molar refractivity (Wildman–Crippen MR) is 172 cm³/mol. The monoisotopic (exact) mass is 675 g/mol. The van der Waals surface area contributed by atoms with E-state index in [1.54, 1.807) is 37.3 Å². The quantitative estimate of drug-likeness (QED) is 0.180. The Kier molecular flexibility index (Phi) is 11.3. The van der Waals surface area contributed by atoms with Crippen LogP contribution in [0, 0.1) is 5.82 Å². The molecule has 0 saturated heterocycles. The average Bonchev–Trinajstić information content (AvgIpc) is 3.01. The number of carbonyl (C=O) groups is 2. The second-order valence-corrected chi connectivity index (χ2v) is 12.9. The minimum Gasteiger partial charge on any atom is -0.355 e. The maximum atomic E-state index is 14.3. The first kappa shape index (κ1) is 33.3. The predicted octanol–water partition coefficient (Wildman–Crippen LogP) is 6.76. The van der Waals surface area contributed by atoms with Crippen LogP contribution in [0.4, 0.5) is 10.1 Å². The molecule has 4 aromatic carbocycles. The molecule has 0 fully saturated rings. The second kappa shape index (κ2) is 14.9. The SMILES string of the molecule is CCNC(=O)[C@@H](Cc1ccccc1)N(Cc1ccc(Cl)cc1Cl)C(=O)CN(c1ccc(F)c(Cl)c1)S(=O)(=O)c1ccccc1. The molecule has 44 heavy (non-hydrogen) atoms. The lowest BCUT2D eigenvalue weighted by Gasteiger charge is -2.34. The summed E-state index contributed by atoms with van der Waals surface area (Å²) in [6.45, 7) is 1.20. The molecule has 2 amide bonds. The fraction of sp³-hybridized carbons (Fsp3) is 0.188. The Labute approximate surface area is 271 Å². The van der Waals surface area contributed by atoms with Crippen molar-refractivity contribution in [3.05, 3.63) is 129 Å². The van der Waals surface area contributed by atoms with Gasteiger partial charge >= 0.3 is 0 Å². The zero-order valence-electron chi connectivity index (χ0n) is 23.6. The van der Waals surface area contributed by atoms with E-state index < -0.39 is 40.2 Å². The van der Waals surface area contributed by atoms with Crippen LogP contribution in [0.2, 0.25) is 15.1 Å². The van der Waals surface area contributed by atoms with Crippen molar-refractivity contribution in [3.63, 3.8) is 0 Å². The van der Waals surface area contributed by atoms with Crippen molar-refractivity contribution in [1.82, 2.24) is 10.2 Å². The molecule has 0 aliphatic rings. The molecule has 4 rings (SSSR count). The van der Waals surface area contributed by atoms with Crippen molar-refractivity contribution >= 4 is 62.3 Å². The highest BCUT2D eigenvalue weighted by molar-refractivity contribution is 7.92. The van der Waals surface area contributed by atoms with Crippen LogP contribution in [0.1, 0.15) is 18.1 Å². The van der Waals surface area contributed by atoms with Crippen LogP contribution in [0.15, 0.2) is 102 Å². The Morgan fingerprint density at radius 1 is 0.864 bits per heavy atom. The summed E-state index contributed by atoms with van der Waals surface area (Å²) < 4.78 is 42.8. The number of anilines is 1. The molecule has 0 aliphatic carbocycles. The second-order valence-electron chi connectivity index (χ2n) is 9.78. The highest BCUT2D eigenvalue weighted by Crippen LogP contribution is 2.29. The van der Waals surface area contributed by atoms with E-state index >= 15 is 0 Å². The van der Waals surface area contributed by atoms with E-state index in [2.05, 4.69) is 5.32 Å². The number of halogens is 4. The van der Waals surface area contributed by atoms with E-state index in [1.807, 2.05) is 30.3 Å². The molecule has 4 aromatic rings. The lowest BCUT2D eigenvalue weighted by molar-refractivity contribution is -0.140. The van der Waals surface area contributed by atoms with E-state index in [-0.39, 0.29) is 33.6 Å². The molecular formula is C32H29Cl3FN3O4S. The molecule has 0 spiro atoms. The van der Waals surface area contributed by atoms with Crippen LogP contribution < -0.4 is 9.62 Å². The van der Waals surface area contributed by atoms with Crippen LogP contribution >= 0.6 is 34.8 Å². The fourth-order valence-corrected chi connectivity index (χ4v) is 6.64. The van der Waals surface area contributed by atoms with E-state index in [9.17, 15) is 22.4 Å². The number of hydrogen-bond acceptors (Lipinski definition) is 4. The van der Waals surface area contributed by atoms with Crippen molar-refractivity contribution < 1.29 is 22.4 Å². The molecule has 0 bridgehead atoms. The summed E-state index contributed by atoms with van der Waals surface area (Å²) in [4.78, 5) is 29.1. The van der Waals surface area contributed by atoms with Gasteiger partial charge in [0.1, 0.15) is 18.4 Å². The van der Waals surface area contributed by atoms with Crippen molar-refractivity contribution in [2.45, 2.75) is 30.8 Å². The van der Waals surface area contributed by atoms with Gasteiger partial charge < -0.3 is 10.2 Å². The van der Waals surface area contributed by atoms with Crippen LogP contribution in [-0.2, 0) is 32.6 Å². The summed E-state index contributed by atoms with van der Waals surface area (Å²) >= 11 is 18.6. The third-order valence-electron chi connectivity index (χ3n) is 6.78. The van der Waals surface area contributed by atoms with Gasteiger partial charge in [-0.25, -0.2) is 12.8 Å². The summed E-state index contributed by atoms with van der Waals surface area (Å²) in [6.07, 6.45) is 0.136. The van der Waals surface area contributed by atoms with Crippen LogP contribution in [0.25, 0.3) is 0 Å². The number of hydrogen-bond donors (Lipinski definition) is 1. The van der Waals surface area contributed by atoms with E-state index in [1.165, 1.54) is 29.2 Å². The number of rotatable bonds is 12. The first-order valence-electron chi connectivity index (χ1n) is 13.6. The van der Waals surface area contributed by atoms with Gasteiger partial charge in [0.15, 0.2) is 0 Å². The summed E-state index contributed by atoms with van der Waals surface area (Å²) in [5.74, 6) is -1.89. The molecule has 1 N–H and O–H groups in total. The highest BCUT2D eigenvalue weighted by Gasteiger charge is 2.35. The lowest BCUT2D eigenvalue weighted by atomic mass is 10.0. The zero-order chi connectivity index (χ0) is 31.9. The Balaban J connectivity index is 1.82. The first-order valence-corrected chi connectivity index (χ1v) is 16.2. The Morgan fingerprint density at radius 3 is 2.14 bits per heavy atom. The standard InChI is InChI=1S/C32H29Cl3FN3O4S/c1-2-37-32(41)30(17-22-9-5-3-6-10-22)38(20-23-13-14-24(33)18-27(23)34)31(40)21-39(25-15-16-29(36)28(35)19-25)44(42,43)26-11-7-4-8-12-26/h3-16,18-19,30H,2,17,20-21H2,1H3,(H,37,41)/t30-/m1/s1. The fourth-order valence-electron chi connectivity index (χ4n) is 4.57. The van der Waals surface area contributed by atoms with Gasteiger partial charge in [-0.2, -0.15) is 0 Å². The van der Waals surface area contributed by atoms with Gasteiger partial charge in [0.05, 0.1) is 15.6 Å². The maximum absolute atomic E-state index is 14.3. The normalized spacial score (nSPS) is 11.9. The molecule has 0 radical (unpaired) electrons. The topological polar surface area (TPSA) is 86.8 Å². The van der Waals surface area contributed by atoms with Crippen molar-refractivity contribution in [3.8, 4) is 0 Å². The van der Waals surface area contributed by atoms with Gasteiger partial charge in [-0.1, -0.05) is 89.4 Å². The van der Waals surface area contributed by atoms with E-state index in [4.69, 9.17) is 34.8 Å². The summed E-state index contributed by atoms with van der Waals surface area (Å²) in [6, 6.07) is 23.7. The van der Waals surface area contributed by atoms with Gasteiger partial charge in [-0.3, -0.25) is 13.9 Å². The van der Waals surface area contributed by atoms with Gasteiger partial charge in [0.25, 0.3) is 10.0 Å². The molecule has 230 valence electrons. The zero-order valence-corrected chi connectivity index (χ0v) is 26.7. The van der Waals surface area contributed by atoms with Gasteiger partial charge in [-0.15, -0.1) is 0 Å². The lowest BCUT2D eigenvalue weighted by Crippen LogP contribution is -2.53. The van der Waals surface area contributed by atoms with E-state index in [0.717, 1.165) is 22.0 Å². The van der Waals surface area contributed by atoms with Crippen LogP contribution in [0.5, 0.6) is 0 Å².